The number of aliphatic carboxylic acids is 1. The van der Waals surface area contributed by atoms with Crippen molar-refractivity contribution in [3.63, 3.8) is 0 Å². The molecule has 86 valence electrons. The second kappa shape index (κ2) is 3.67. The van der Waals surface area contributed by atoms with E-state index in [9.17, 15) is 9.90 Å². The number of nitrogens with one attached hydrogen (secondary N) is 1. The molecule has 16 heavy (non-hydrogen) atoms. The molecule has 0 radical (unpaired) electrons. The van der Waals surface area contributed by atoms with Gasteiger partial charge in [-0.3, -0.25) is 4.79 Å². The predicted molar refractivity (Wildman–Crippen MR) is 64.0 cm³/mol. The third kappa shape index (κ3) is 1.65. The molecular formula is C12H14ClNO2. The summed E-state index contributed by atoms with van der Waals surface area (Å²) in [5.41, 5.74) is 1.16. The van der Waals surface area contributed by atoms with Gasteiger partial charge >= 0.3 is 5.97 Å². The molecule has 1 heterocycles. The molecule has 0 aliphatic carbocycles. The molecule has 0 spiro atoms. The fraction of sp³-hybridized carbons (Fsp3) is 0.417. The minimum absolute atomic E-state index is 0.111. The summed E-state index contributed by atoms with van der Waals surface area (Å²) in [6.45, 7) is 3.46. The fourth-order valence-corrected chi connectivity index (χ4v) is 2.18. The number of carbonyl (C=O) groups is 1. The van der Waals surface area contributed by atoms with Crippen LogP contribution in [0.4, 0.5) is 5.69 Å². The van der Waals surface area contributed by atoms with E-state index < -0.39 is 11.4 Å². The Labute approximate surface area is 99.4 Å². The summed E-state index contributed by atoms with van der Waals surface area (Å²) in [6.07, 6.45) is 0.661. The van der Waals surface area contributed by atoms with Gasteiger partial charge in [0.15, 0.2) is 0 Å². The van der Waals surface area contributed by atoms with Gasteiger partial charge in [0.1, 0.15) is 0 Å². The summed E-state index contributed by atoms with van der Waals surface area (Å²) in [5, 5.41) is 13.1. The molecule has 1 aromatic carbocycles. The minimum Gasteiger partial charge on any atom is -0.481 e. The van der Waals surface area contributed by atoms with E-state index in [1.54, 1.807) is 13.8 Å². The standard InChI is InChI=1S/C12H14ClNO2/c1-12(2,11(15)16)10-6-7-8(13)4-3-5-9(7)14-10/h3-5,10,14H,6H2,1-2H3,(H,15,16). The van der Waals surface area contributed by atoms with E-state index in [0.717, 1.165) is 11.3 Å². The van der Waals surface area contributed by atoms with Gasteiger partial charge in [-0.15, -0.1) is 0 Å². The average molecular weight is 240 g/mol. The summed E-state index contributed by atoms with van der Waals surface area (Å²) < 4.78 is 0. The molecule has 0 fully saturated rings. The molecule has 2 rings (SSSR count). The van der Waals surface area contributed by atoms with Crippen LogP contribution in [0.25, 0.3) is 0 Å². The van der Waals surface area contributed by atoms with Crippen molar-refractivity contribution < 1.29 is 9.90 Å². The van der Waals surface area contributed by atoms with Gasteiger partial charge < -0.3 is 10.4 Å². The van der Waals surface area contributed by atoms with Crippen molar-refractivity contribution in [3.05, 3.63) is 28.8 Å². The van der Waals surface area contributed by atoms with Crippen LogP contribution in [0.1, 0.15) is 19.4 Å². The lowest BCUT2D eigenvalue weighted by Crippen LogP contribution is -2.41. The molecule has 2 N–H and O–H groups in total. The topological polar surface area (TPSA) is 49.3 Å². The van der Waals surface area contributed by atoms with Crippen molar-refractivity contribution in [2.24, 2.45) is 5.41 Å². The molecule has 0 saturated carbocycles. The van der Waals surface area contributed by atoms with Crippen molar-refractivity contribution in [2.75, 3.05) is 5.32 Å². The number of hydrogen-bond acceptors (Lipinski definition) is 2. The summed E-state index contributed by atoms with van der Waals surface area (Å²) in [7, 11) is 0. The lowest BCUT2D eigenvalue weighted by atomic mass is 9.83. The normalized spacial score (nSPS) is 19.1. The van der Waals surface area contributed by atoms with Crippen molar-refractivity contribution in [1.29, 1.82) is 0 Å². The van der Waals surface area contributed by atoms with Crippen LogP contribution in [0.2, 0.25) is 5.02 Å². The van der Waals surface area contributed by atoms with Gasteiger partial charge in [-0.25, -0.2) is 0 Å². The summed E-state index contributed by atoms with van der Waals surface area (Å²) in [5.74, 6) is -0.797. The molecule has 3 nitrogen and oxygen atoms in total. The van der Waals surface area contributed by atoms with Gasteiger partial charge in [0.2, 0.25) is 0 Å². The highest BCUT2D eigenvalue weighted by Gasteiger charge is 2.40. The number of anilines is 1. The first kappa shape index (κ1) is 11.3. The van der Waals surface area contributed by atoms with E-state index in [0.29, 0.717) is 11.4 Å². The Hall–Kier alpha value is -1.22. The molecule has 0 amide bonds. The molecule has 1 aliphatic rings. The molecule has 0 aromatic heterocycles. The number of halogens is 1. The van der Waals surface area contributed by atoms with E-state index in [2.05, 4.69) is 5.32 Å². The second-order valence-electron chi connectivity index (χ2n) is 4.69. The maximum absolute atomic E-state index is 11.2. The highest BCUT2D eigenvalue weighted by molar-refractivity contribution is 6.31. The van der Waals surface area contributed by atoms with Crippen molar-refractivity contribution >= 4 is 23.3 Å². The van der Waals surface area contributed by atoms with Crippen LogP contribution in [-0.4, -0.2) is 17.1 Å². The Balaban J connectivity index is 2.30. The summed E-state index contributed by atoms with van der Waals surface area (Å²) in [4.78, 5) is 11.2. The van der Waals surface area contributed by atoms with E-state index in [1.807, 2.05) is 18.2 Å². The SMILES string of the molecule is CC(C)(C(=O)O)C1Cc2c(Cl)cccc2N1. The zero-order valence-corrected chi connectivity index (χ0v) is 10.0. The Morgan fingerprint density at radius 3 is 2.81 bits per heavy atom. The summed E-state index contributed by atoms with van der Waals surface area (Å²) >= 11 is 6.08. The van der Waals surface area contributed by atoms with Crippen molar-refractivity contribution in [1.82, 2.24) is 0 Å². The highest BCUT2D eigenvalue weighted by Crippen LogP contribution is 2.38. The third-order valence-electron chi connectivity index (χ3n) is 3.28. The Kier molecular flexibility index (Phi) is 2.58. The van der Waals surface area contributed by atoms with Crippen molar-refractivity contribution in [3.8, 4) is 0 Å². The van der Waals surface area contributed by atoms with Crippen LogP contribution in [0.15, 0.2) is 18.2 Å². The monoisotopic (exact) mass is 239 g/mol. The van der Waals surface area contributed by atoms with Crippen LogP contribution >= 0.6 is 11.6 Å². The van der Waals surface area contributed by atoms with Gasteiger partial charge in [-0.2, -0.15) is 0 Å². The number of carboxylic acid groups (broad SMARTS) is 1. The minimum atomic E-state index is -0.803. The quantitative estimate of drug-likeness (QED) is 0.835. The third-order valence-corrected chi connectivity index (χ3v) is 3.63. The molecule has 1 aliphatic heterocycles. The molecule has 4 heteroatoms. The van der Waals surface area contributed by atoms with Crippen LogP contribution in [0, 0.1) is 5.41 Å². The first-order valence-corrected chi connectivity index (χ1v) is 5.58. The average Bonchev–Trinajstić information content (AvgIpc) is 2.63. The first-order valence-electron chi connectivity index (χ1n) is 5.20. The van der Waals surface area contributed by atoms with Crippen LogP contribution in [-0.2, 0) is 11.2 Å². The molecule has 1 aromatic rings. The number of carboxylic acids is 1. The molecule has 1 unspecified atom stereocenters. The number of rotatable bonds is 2. The fourth-order valence-electron chi connectivity index (χ4n) is 1.93. The van der Waals surface area contributed by atoms with Crippen molar-refractivity contribution in [2.45, 2.75) is 26.3 Å². The largest absolute Gasteiger partial charge is 0.481 e. The zero-order chi connectivity index (χ0) is 11.9. The maximum Gasteiger partial charge on any atom is 0.311 e. The number of benzene rings is 1. The Bertz CT molecular complexity index is 443. The van der Waals surface area contributed by atoms with Gasteiger partial charge in [0.25, 0.3) is 0 Å². The summed E-state index contributed by atoms with van der Waals surface area (Å²) in [6, 6.07) is 5.52. The number of fused-ring (bicyclic) bond motifs is 1. The molecule has 1 atom stereocenters. The molecule has 0 saturated heterocycles. The lowest BCUT2D eigenvalue weighted by Gasteiger charge is -2.27. The van der Waals surface area contributed by atoms with Gasteiger partial charge in [0, 0.05) is 16.8 Å². The van der Waals surface area contributed by atoms with Crippen LogP contribution < -0.4 is 5.32 Å². The molecular weight excluding hydrogens is 226 g/mol. The van der Waals surface area contributed by atoms with Gasteiger partial charge in [-0.1, -0.05) is 17.7 Å². The first-order chi connectivity index (χ1) is 7.43. The van der Waals surface area contributed by atoms with E-state index in [-0.39, 0.29) is 6.04 Å². The lowest BCUT2D eigenvalue weighted by molar-refractivity contribution is -0.147. The smallest absolute Gasteiger partial charge is 0.311 e. The second-order valence-corrected chi connectivity index (χ2v) is 5.10. The van der Waals surface area contributed by atoms with Gasteiger partial charge in [-0.05, 0) is 38.0 Å². The predicted octanol–water partition coefficient (Wildman–Crippen LogP) is 2.79. The highest BCUT2D eigenvalue weighted by atomic mass is 35.5. The van der Waals surface area contributed by atoms with E-state index in [1.165, 1.54) is 0 Å². The zero-order valence-electron chi connectivity index (χ0n) is 9.25. The maximum atomic E-state index is 11.2. The van der Waals surface area contributed by atoms with E-state index >= 15 is 0 Å². The number of hydrogen-bond donors (Lipinski definition) is 2. The van der Waals surface area contributed by atoms with Crippen LogP contribution in [0.5, 0.6) is 0 Å². The molecule has 0 bridgehead atoms. The van der Waals surface area contributed by atoms with Gasteiger partial charge in [0.05, 0.1) is 5.41 Å². The Morgan fingerprint density at radius 1 is 1.56 bits per heavy atom. The van der Waals surface area contributed by atoms with E-state index in [4.69, 9.17) is 11.6 Å². The Morgan fingerprint density at radius 2 is 2.25 bits per heavy atom. The van der Waals surface area contributed by atoms with Crippen LogP contribution in [0.3, 0.4) is 0 Å².